The molecular weight excluding hydrogens is 400 g/mol. The lowest BCUT2D eigenvalue weighted by Crippen LogP contribution is -1.90. The lowest BCUT2D eigenvalue weighted by Gasteiger charge is -2.14. The third kappa shape index (κ3) is 2.47. The molecule has 0 aromatic heterocycles. The second-order valence-electron chi connectivity index (χ2n) is 4.97. The van der Waals surface area contributed by atoms with E-state index in [1.165, 1.54) is 16.3 Å². The number of hydrogen-bond donors (Lipinski definition) is 0. The molecule has 0 aliphatic carbocycles. The predicted octanol–water partition coefficient (Wildman–Crippen LogP) is 7.32. The Hall–Kier alpha value is -1.64. The normalized spacial score (nSPS) is 10.6. The Kier molecular flexibility index (Phi) is 4.32. The molecular formula is C20H14Br2. The smallest absolute Gasteiger partial charge is 0.0254 e. The first-order valence-electron chi connectivity index (χ1n) is 6.92. The zero-order valence-corrected chi connectivity index (χ0v) is 15.1. The highest BCUT2D eigenvalue weighted by Gasteiger charge is 2.12. The average Bonchev–Trinajstić information content (AvgIpc) is 2.55. The number of halogens is 2. The average molecular weight is 414 g/mol. The van der Waals surface area contributed by atoms with Gasteiger partial charge in [0, 0.05) is 8.95 Å². The Morgan fingerprint density at radius 2 is 1.23 bits per heavy atom. The van der Waals surface area contributed by atoms with Gasteiger partial charge in [0.2, 0.25) is 0 Å². The van der Waals surface area contributed by atoms with Gasteiger partial charge in [-0.15, -0.1) is 0 Å². The maximum absolute atomic E-state index is 3.99. The van der Waals surface area contributed by atoms with Gasteiger partial charge in [-0.25, -0.2) is 0 Å². The van der Waals surface area contributed by atoms with Crippen molar-refractivity contribution in [2.75, 3.05) is 0 Å². The van der Waals surface area contributed by atoms with Crippen molar-refractivity contribution in [1.29, 1.82) is 0 Å². The Bertz CT molecular complexity index is 892. The molecule has 2 heteroatoms. The third-order valence-corrected chi connectivity index (χ3v) is 5.19. The van der Waals surface area contributed by atoms with Gasteiger partial charge in [0.25, 0.3) is 0 Å². The van der Waals surface area contributed by atoms with Crippen LogP contribution in [-0.2, 0) is 0 Å². The van der Waals surface area contributed by atoms with E-state index in [0.29, 0.717) is 0 Å². The van der Waals surface area contributed by atoms with Gasteiger partial charge in [0.15, 0.2) is 0 Å². The van der Waals surface area contributed by atoms with E-state index in [9.17, 15) is 0 Å². The largest absolute Gasteiger partial charge is 0.0984 e. The molecule has 0 heterocycles. The van der Waals surface area contributed by atoms with Gasteiger partial charge in [0.1, 0.15) is 0 Å². The molecule has 0 saturated carbocycles. The molecule has 0 fully saturated rings. The van der Waals surface area contributed by atoms with E-state index >= 15 is 0 Å². The highest BCUT2D eigenvalue weighted by molar-refractivity contribution is 9.11. The van der Waals surface area contributed by atoms with Crippen LogP contribution in [0, 0.1) is 0 Å². The minimum Gasteiger partial charge on any atom is -0.0984 e. The molecule has 3 aromatic carbocycles. The molecule has 0 unspecified atom stereocenters. The Balaban J connectivity index is 2.41. The molecule has 0 spiro atoms. The molecule has 0 radical (unpaired) electrons. The zero-order chi connectivity index (χ0) is 15.7. The summed E-state index contributed by atoms with van der Waals surface area (Å²) in [6.07, 6.45) is 3.76. The maximum atomic E-state index is 3.99. The van der Waals surface area contributed by atoms with Crippen molar-refractivity contribution < 1.29 is 0 Å². The Morgan fingerprint density at radius 1 is 0.636 bits per heavy atom. The summed E-state index contributed by atoms with van der Waals surface area (Å²) < 4.78 is 2.13. The van der Waals surface area contributed by atoms with E-state index in [1.54, 1.807) is 0 Å². The number of rotatable bonds is 3. The van der Waals surface area contributed by atoms with Gasteiger partial charge in [-0.2, -0.15) is 0 Å². The zero-order valence-electron chi connectivity index (χ0n) is 11.9. The van der Waals surface area contributed by atoms with Crippen LogP contribution in [0.3, 0.4) is 0 Å². The van der Waals surface area contributed by atoms with Gasteiger partial charge in [0.05, 0.1) is 0 Å². The fourth-order valence-corrected chi connectivity index (χ4v) is 3.75. The summed E-state index contributed by atoms with van der Waals surface area (Å²) in [5.41, 5.74) is 4.53. The first-order chi connectivity index (χ1) is 10.7. The van der Waals surface area contributed by atoms with Crippen molar-refractivity contribution in [2.45, 2.75) is 0 Å². The molecule has 0 bridgehead atoms. The summed E-state index contributed by atoms with van der Waals surface area (Å²) in [4.78, 5) is 0. The summed E-state index contributed by atoms with van der Waals surface area (Å²) >= 11 is 7.22. The number of benzene rings is 3. The fourth-order valence-electron chi connectivity index (χ4n) is 2.77. The minimum atomic E-state index is 1.03. The monoisotopic (exact) mass is 412 g/mol. The summed E-state index contributed by atoms with van der Waals surface area (Å²) in [5, 5.41) is 2.43. The van der Waals surface area contributed by atoms with Crippen LogP contribution in [0.4, 0.5) is 0 Å². The summed E-state index contributed by atoms with van der Waals surface area (Å²) in [6, 6.07) is 16.8. The van der Waals surface area contributed by atoms with Crippen LogP contribution >= 0.6 is 31.9 Å². The van der Waals surface area contributed by atoms with Crippen LogP contribution in [0.5, 0.6) is 0 Å². The molecule has 0 amide bonds. The molecule has 0 aliphatic rings. The van der Waals surface area contributed by atoms with Crippen molar-refractivity contribution >= 4 is 54.8 Å². The van der Waals surface area contributed by atoms with Crippen LogP contribution in [0.2, 0.25) is 0 Å². The molecule has 108 valence electrons. The molecule has 22 heavy (non-hydrogen) atoms. The van der Waals surface area contributed by atoms with Gasteiger partial charge in [-0.05, 0) is 45.2 Å². The van der Waals surface area contributed by atoms with Gasteiger partial charge in [-0.3, -0.25) is 0 Å². The van der Waals surface area contributed by atoms with Gasteiger partial charge < -0.3 is 0 Å². The summed E-state index contributed by atoms with van der Waals surface area (Å²) in [7, 11) is 0. The van der Waals surface area contributed by atoms with E-state index in [4.69, 9.17) is 0 Å². The lowest BCUT2D eigenvalue weighted by atomic mass is 9.92. The van der Waals surface area contributed by atoms with Gasteiger partial charge >= 0.3 is 0 Å². The fraction of sp³-hybridized carbons (Fsp3) is 0. The van der Waals surface area contributed by atoms with Crippen molar-refractivity contribution in [1.82, 2.24) is 0 Å². The van der Waals surface area contributed by atoms with E-state index in [-0.39, 0.29) is 0 Å². The SMILES string of the molecule is C=Cc1c(Br)ccc(-c2ccc(Br)c3ccccc23)c1C=C. The van der Waals surface area contributed by atoms with E-state index in [0.717, 1.165) is 25.6 Å². The standard InChI is InChI=1S/C20H14Br2/c1-3-13-14(4-2)19(21)11-9-16(13)17-10-12-20(22)18-8-6-5-7-15(17)18/h3-12H,1-2H2. The summed E-state index contributed by atoms with van der Waals surface area (Å²) in [6.45, 7) is 7.91. The van der Waals surface area contributed by atoms with E-state index in [1.807, 2.05) is 12.2 Å². The second kappa shape index (κ2) is 6.23. The molecule has 0 nitrogen and oxygen atoms in total. The molecule has 0 atom stereocenters. The van der Waals surface area contributed by atoms with E-state index < -0.39 is 0 Å². The van der Waals surface area contributed by atoms with Crippen LogP contribution in [-0.4, -0.2) is 0 Å². The van der Waals surface area contributed by atoms with E-state index in [2.05, 4.69) is 93.5 Å². The lowest BCUT2D eigenvalue weighted by molar-refractivity contribution is 1.55. The second-order valence-corrected chi connectivity index (χ2v) is 6.68. The molecule has 3 aromatic rings. The number of fused-ring (bicyclic) bond motifs is 1. The summed E-state index contributed by atoms with van der Waals surface area (Å²) in [5.74, 6) is 0. The van der Waals surface area contributed by atoms with Crippen LogP contribution in [0.15, 0.2) is 70.6 Å². The topological polar surface area (TPSA) is 0 Å². The Morgan fingerprint density at radius 3 is 1.91 bits per heavy atom. The van der Waals surface area contributed by atoms with Crippen molar-refractivity contribution in [2.24, 2.45) is 0 Å². The van der Waals surface area contributed by atoms with Crippen LogP contribution < -0.4 is 0 Å². The van der Waals surface area contributed by atoms with Crippen molar-refractivity contribution in [3.63, 3.8) is 0 Å². The van der Waals surface area contributed by atoms with Crippen molar-refractivity contribution in [3.05, 3.63) is 81.8 Å². The minimum absolute atomic E-state index is 1.03. The highest BCUT2D eigenvalue weighted by Crippen LogP contribution is 2.38. The highest BCUT2D eigenvalue weighted by atomic mass is 79.9. The van der Waals surface area contributed by atoms with Crippen LogP contribution in [0.25, 0.3) is 34.1 Å². The third-order valence-electron chi connectivity index (χ3n) is 3.80. The molecule has 0 aliphatic heterocycles. The maximum Gasteiger partial charge on any atom is 0.0254 e. The first-order valence-corrected chi connectivity index (χ1v) is 8.51. The molecule has 0 N–H and O–H groups in total. The molecule has 3 rings (SSSR count). The van der Waals surface area contributed by atoms with Gasteiger partial charge in [-0.1, -0.05) is 93.6 Å². The van der Waals surface area contributed by atoms with Crippen LogP contribution in [0.1, 0.15) is 11.1 Å². The number of hydrogen-bond acceptors (Lipinski definition) is 0. The van der Waals surface area contributed by atoms with Crippen molar-refractivity contribution in [3.8, 4) is 11.1 Å². The Labute approximate surface area is 147 Å². The quantitative estimate of drug-likeness (QED) is 0.421. The first kappa shape index (κ1) is 15.3. The molecule has 0 saturated heterocycles. The predicted molar refractivity (Wildman–Crippen MR) is 105 cm³/mol.